The fourth-order valence-electron chi connectivity index (χ4n) is 1.87. The van der Waals surface area contributed by atoms with Gasteiger partial charge >= 0.3 is 0 Å². The Hall–Kier alpha value is -2.10. The largest absolute Gasteiger partial charge is 0.369 e. The summed E-state index contributed by atoms with van der Waals surface area (Å²) in [5.41, 5.74) is 7.02. The fraction of sp³-hybridized carbons (Fsp3) is 0.167. The number of rotatable bonds is 4. The fourth-order valence-corrected chi connectivity index (χ4v) is 1.87. The third kappa shape index (κ3) is 1.69. The summed E-state index contributed by atoms with van der Waals surface area (Å²) < 4.78 is 0. The molecule has 1 amide bonds. The van der Waals surface area contributed by atoms with Crippen molar-refractivity contribution in [1.29, 1.82) is 0 Å². The number of amides is 1. The van der Waals surface area contributed by atoms with Gasteiger partial charge in [0, 0.05) is 23.5 Å². The van der Waals surface area contributed by atoms with Crippen LogP contribution in [-0.4, -0.2) is 17.2 Å². The molecule has 3 N–H and O–H groups in total. The number of fused-ring (bicyclic) bond motifs is 1. The van der Waals surface area contributed by atoms with E-state index < -0.39 is 11.8 Å². The van der Waals surface area contributed by atoms with Gasteiger partial charge in [0.25, 0.3) is 0 Å². The Morgan fingerprint density at radius 3 is 2.88 bits per heavy atom. The maximum atomic E-state index is 11.3. The zero-order valence-electron chi connectivity index (χ0n) is 8.64. The Morgan fingerprint density at radius 2 is 2.19 bits per heavy atom. The quantitative estimate of drug-likeness (QED) is 0.756. The highest BCUT2D eigenvalue weighted by atomic mass is 16.1. The second-order valence-electron chi connectivity index (χ2n) is 3.65. The van der Waals surface area contributed by atoms with Crippen LogP contribution in [-0.2, 0) is 9.59 Å². The van der Waals surface area contributed by atoms with Crippen molar-refractivity contribution >= 4 is 23.1 Å². The number of hydrogen-bond donors (Lipinski definition) is 2. The lowest BCUT2D eigenvalue weighted by Crippen LogP contribution is -2.21. The topological polar surface area (TPSA) is 76.0 Å². The number of carbonyl (C=O) groups excluding carboxylic acids is 2. The molecule has 1 atom stereocenters. The SMILES string of the molecule is NC(=O)C(CC=O)c1c[nH]c2ccccc12. The van der Waals surface area contributed by atoms with Crippen LogP contribution in [0.5, 0.6) is 0 Å². The van der Waals surface area contributed by atoms with E-state index in [0.717, 1.165) is 22.8 Å². The second-order valence-corrected chi connectivity index (χ2v) is 3.65. The standard InChI is InChI=1S/C12H12N2O2/c13-12(16)9(5-6-15)10-7-14-11-4-2-1-3-8(10)11/h1-4,6-7,9,14H,5H2,(H2,13,16). The van der Waals surface area contributed by atoms with E-state index >= 15 is 0 Å². The van der Waals surface area contributed by atoms with Gasteiger partial charge in [0.1, 0.15) is 6.29 Å². The summed E-state index contributed by atoms with van der Waals surface area (Å²) in [5.74, 6) is -1.02. The molecule has 1 unspecified atom stereocenters. The van der Waals surface area contributed by atoms with Crippen molar-refractivity contribution in [3.05, 3.63) is 36.0 Å². The molecule has 0 fully saturated rings. The van der Waals surface area contributed by atoms with Gasteiger partial charge in [0.05, 0.1) is 5.92 Å². The van der Waals surface area contributed by atoms with Crippen LogP contribution >= 0.6 is 0 Å². The predicted molar refractivity (Wildman–Crippen MR) is 60.9 cm³/mol. The molecule has 2 aromatic rings. The first-order valence-corrected chi connectivity index (χ1v) is 5.03. The van der Waals surface area contributed by atoms with Crippen LogP contribution < -0.4 is 5.73 Å². The molecule has 0 saturated carbocycles. The van der Waals surface area contributed by atoms with Gasteiger partial charge in [-0.3, -0.25) is 4.79 Å². The van der Waals surface area contributed by atoms with Crippen molar-refractivity contribution in [1.82, 2.24) is 4.98 Å². The molecule has 1 heterocycles. The molecule has 1 aromatic carbocycles. The van der Waals surface area contributed by atoms with Crippen molar-refractivity contribution in [2.24, 2.45) is 5.73 Å². The molecule has 4 nitrogen and oxygen atoms in total. The first-order chi connectivity index (χ1) is 7.74. The minimum Gasteiger partial charge on any atom is -0.369 e. The number of benzene rings is 1. The summed E-state index contributed by atoms with van der Waals surface area (Å²) in [6.07, 6.45) is 2.58. The number of aromatic nitrogens is 1. The molecule has 0 aliphatic heterocycles. The van der Waals surface area contributed by atoms with Gasteiger partial charge in [0.2, 0.25) is 5.91 Å². The van der Waals surface area contributed by atoms with Gasteiger partial charge in [-0.1, -0.05) is 18.2 Å². The molecular weight excluding hydrogens is 204 g/mol. The van der Waals surface area contributed by atoms with Gasteiger partial charge in [-0.05, 0) is 11.6 Å². The number of hydrogen-bond acceptors (Lipinski definition) is 2. The van der Waals surface area contributed by atoms with Crippen LogP contribution in [0.4, 0.5) is 0 Å². The molecule has 4 heteroatoms. The molecule has 82 valence electrons. The van der Waals surface area contributed by atoms with Gasteiger partial charge in [-0.2, -0.15) is 0 Å². The minimum atomic E-state index is -0.548. The Kier molecular flexibility index (Phi) is 2.72. The number of aromatic amines is 1. The smallest absolute Gasteiger partial charge is 0.225 e. The van der Waals surface area contributed by atoms with Crippen LogP contribution in [0, 0.1) is 0 Å². The minimum absolute atomic E-state index is 0.122. The highest BCUT2D eigenvalue weighted by molar-refractivity contribution is 5.92. The average molecular weight is 216 g/mol. The maximum Gasteiger partial charge on any atom is 0.225 e. The monoisotopic (exact) mass is 216 g/mol. The highest BCUT2D eigenvalue weighted by Crippen LogP contribution is 2.26. The zero-order chi connectivity index (χ0) is 11.5. The number of primary amides is 1. The van der Waals surface area contributed by atoms with Crippen molar-refractivity contribution in [3.8, 4) is 0 Å². The van der Waals surface area contributed by atoms with E-state index in [2.05, 4.69) is 4.98 Å². The predicted octanol–water partition coefficient (Wildman–Crippen LogP) is 1.33. The maximum absolute atomic E-state index is 11.3. The van der Waals surface area contributed by atoms with Crippen LogP contribution in [0.25, 0.3) is 10.9 Å². The number of H-pyrrole nitrogens is 1. The Labute approximate surface area is 92.4 Å². The molecule has 16 heavy (non-hydrogen) atoms. The first kappa shape index (κ1) is 10.4. The van der Waals surface area contributed by atoms with E-state index in [0.29, 0.717) is 0 Å². The van der Waals surface area contributed by atoms with E-state index in [1.54, 1.807) is 6.20 Å². The summed E-state index contributed by atoms with van der Waals surface area (Å²) in [7, 11) is 0. The van der Waals surface area contributed by atoms with Crippen molar-refractivity contribution in [2.75, 3.05) is 0 Å². The number of nitrogens with one attached hydrogen (secondary N) is 1. The zero-order valence-corrected chi connectivity index (χ0v) is 8.64. The summed E-state index contributed by atoms with van der Waals surface area (Å²) in [6, 6.07) is 7.61. The van der Waals surface area contributed by atoms with Crippen molar-refractivity contribution < 1.29 is 9.59 Å². The van der Waals surface area contributed by atoms with Crippen molar-refractivity contribution in [2.45, 2.75) is 12.3 Å². The lowest BCUT2D eigenvalue weighted by atomic mass is 9.95. The molecule has 0 radical (unpaired) electrons. The molecule has 0 spiro atoms. The molecule has 0 saturated heterocycles. The third-order valence-corrected chi connectivity index (χ3v) is 2.67. The first-order valence-electron chi connectivity index (χ1n) is 5.03. The van der Waals surface area contributed by atoms with Gasteiger partial charge in [0.15, 0.2) is 0 Å². The number of nitrogens with two attached hydrogens (primary N) is 1. The summed E-state index contributed by atoms with van der Waals surface area (Å²) in [5, 5.41) is 0.938. The molecule has 0 bridgehead atoms. The van der Waals surface area contributed by atoms with E-state index in [4.69, 9.17) is 5.73 Å². The summed E-state index contributed by atoms with van der Waals surface area (Å²) in [6.45, 7) is 0. The molecule has 0 aliphatic carbocycles. The Balaban J connectivity index is 2.52. The van der Waals surface area contributed by atoms with Crippen LogP contribution in [0.1, 0.15) is 17.9 Å². The molecular formula is C12H12N2O2. The van der Waals surface area contributed by atoms with Gasteiger partial charge < -0.3 is 15.5 Å². The average Bonchev–Trinajstić information content (AvgIpc) is 2.69. The van der Waals surface area contributed by atoms with Crippen LogP contribution in [0.3, 0.4) is 0 Å². The van der Waals surface area contributed by atoms with Crippen LogP contribution in [0.15, 0.2) is 30.5 Å². The number of carbonyl (C=O) groups is 2. The lowest BCUT2D eigenvalue weighted by Gasteiger charge is -2.08. The van der Waals surface area contributed by atoms with E-state index in [1.807, 2.05) is 24.3 Å². The summed E-state index contributed by atoms with van der Waals surface area (Å²) in [4.78, 5) is 24.9. The Bertz CT molecular complexity index is 531. The van der Waals surface area contributed by atoms with E-state index in [-0.39, 0.29) is 6.42 Å². The molecule has 2 rings (SSSR count). The number of para-hydroxylation sites is 1. The normalized spacial score (nSPS) is 12.5. The van der Waals surface area contributed by atoms with Crippen molar-refractivity contribution in [3.63, 3.8) is 0 Å². The number of aldehydes is 1. The van der Waals surface area contributed by atoms with Gasteiger partial charge in [-0.15, -0.1) is 0 Å². The molecule has 0 aliphatic rings. The second kappa shape index (κ2) is 4.18. The lowest BCUT2D eigenvalue weighted by molar-refractivity contribution is -0.121. The molecule has 1 aromatic heterocycles. The third-order valence-electron chi connectivity index (χ3n) is 2.67. The Morgan fingerprint density at radius 1 is 1.44 bits per heavy atom. The van der Waals surface area contributed by atoms with Gasteiger partial charge in [-0.25, -0.2) is 0 Å². The van der Waals surface area contributed by atoms with Crippen LogP contribution in [0.2, 0.25) is 0 Å². The van der Waals surface area contributed by atoms with E-state index in [1.165, 1.54) is 0 Å². The highest BCUT2D eigenvalue weighted by Gasteiger charge is 2.20. The summed E-state index contributed by atoms with van der Waals surface area (Å²) >= 11 is 0. The van der Waals surface area contributed by atoms with E-state index in [9.17, 15) is 9.59 Å².